The average Bonchev–Trinajstić information content (AvgIpc) is 2.73. The van der Waals surface area contributed by atoms with Crippen molar-refractivity contribution in [2.24, 2.45) is 17.6 Å². The largest absolute Gasteiger partial charge is 0.394 e. The van der Waals surface area contributed by atoms with Crippen LogP contribution in [0.2, 0.25) is 0 Å². The van der Waals surface area contributed by atoms with Gasteiger partial charge in [0.2, 0.25) is 11.8 Å². The van der Waals surface area contributed by atoms with Crippen LogP contribution >= 0.6 is 12.4 Å². The minimum Gasteiger partial charge on any atom is -0.394 e. The van der Waals surface area contributed by atoms with E-state index < -0.39 is 12.1 Å². The molecule has 0 saturated carbocycles. The molecular weight excluding hydrogens is 282 g/mol. The lowest BCUT2D eigenvalue weighted by atomic mass is 9.98. The van der Waals surface area contributed by atoms with Crippen molar-refractivity contribution in [3.8, 4) is 0 Å². The molecule has 0 aromatic rings. The summed E-state index contributed by atoms with van der Waals surface area (Å²) in [6.45, 7) is 4.49. The van der Waals surface area contributed by atoms with Crippen molar-refractivity contribution in [2.75, 3.05) is 13.2 Å². The Bertz CT molecular complexity index is 326. The minimum atomic E-state index is -0.563. The Kier molecular flexibility index (Phi) is 8.76. The fourth-order valence-electron chi connectivity index (χ4n) is 2.32. The molecule has 1 rings (SSSR count). The highest BCUT2D eigenvalue weighted by atomic mass is 35.5. The van der Waals surface area contributed by atoms with E-state index in [1.54, 1.807) is 0 Å². The first kappa shape index (κ1) is 19.1. The van der Waals surface area contributed by atoms with Gasteiger partial charge in [0, 0.05) is 12.5 Å². The van der Waals surface area contributed by atoms with Crippen molar-refractivity contribution in [3.05, 3.63) is 0 Å². The van der Waals surface area contributed by atoms with Crippen LogP contribution in [-0.2, 0) is 9.59 Å². The normalized spacial score (nSPS) is 21.1. The molecule has 1 aliphatic heterocycles. The zero-order valence-electron chi connectivity index (χ0n) is 12.1. The molecular formula is C13H26ClN3O3. The van der Waals surface area contributed by atoms with Gasteiger partial charge in [0.05, 0.1) is 18.7 Å². The van der Waals surface area contributed by atoms with Crippen molar-refractivity contribution in [1.82, 2.24) is 10.6 Å². The molecule has 6 nitrogen and oxygen atoms in total. The number of aliphatic hydroxyl groups excluding tert-OH is 1. The Morgan fingerprint density at radius 2 is 2.20 bits per heavy atom. The van der Waals surface area contributed by atoms with Crippen LogP contribution in [0.25, 0.3) is 0 Å². The van der Waals surface area contributed by atoms with Crippen molar-refractivity contribution in [3.63, 3.8) is 0 Å². The van der Waals surface area contributed by atoms with Gasteiger partial charge in [-0.15, -0.1) is 12.4 Å². The number of nitrogens with two attached hydrogens (primary N) is 1. The Morgan fingerprint density at radius 3 is 2.65 bits per heavy atom. The van der Waals surface area contributed by atoms with Crippen LogP contribution in [0, 0.1) is 11.8 Å². The fraction of sp³-hybridized carbons (Fsp3) is 0.846. The maximum absolute atomic E-state index is 11.9. The quantitative estimate of drug-likeness (QED) is 0.522. The van der Waals surface area contributed by atoms with E-state index in [9.17, 15) is 14.7 Å². The predicted molar refractivity (Wildman–Crippen MR) is 79.4 cm³/mol. The van der Waals surface area contributed by atoms with E-state index in [-0.39, 0.29) is 36.7 Å². The Labute approximate surface area is 126 Å². The second-order valence-corrected chi connectivity index (χ2v) is 5.64. The van der Waals surface area contributed by atoms with Gasteiger partial charge in [-0.3, -0.25) is 9.59 Å². The lowest BCUT2D eigenvalue weighted by Crippen LogP contribution is -2.48. The second-order valence-electron chi connectivity index (χ2n) is 5.64. The van der Waals surface area contributed by atoms with Gasteiger partial charge in [-0.25, -0.2) is 0 Å². The van der Waals surface area contributed by atoms with Gasteiger partial charge in [-0.2, -0.15) is 0 Å². The maximum atomic E-state index is 11.9. The number of carbonyl (C=O) groups excluding carboxylic acids is 2. The molecule has 1 saturated heterocycles. The summed E-state index contributed by atoms with van der Waals surface area (Å²) < 4.78 is 0. The lowest BCUT2D eigenvalue weighted by molar-refractivity contribution is -0.125. The molecule has 20 heavy (non-hydrogen) atoms. The summed E-state index contributed by atoms with van der Waals surface area (Å²) in [7, 11) is 0. The summed E-state index contributed by atoms with van der Waals surface area (Å²) in [6, 6.07) is -0.967. The molecule has 0 bridgehead atoms. The van der Waals surface area contributed by atoms with Gasteiger partial charge in [0.25, 0.3) is 0 Å². The lowest BCUT2D eigenvalue weighted by Gasteiger charge is -2.21. The molecule has 0 aromatic heterocycles. The zero-order chi connectivity index (χ0) is 14.4. The third kappa shape index (κ3) is 6.07. The highest BCUT2D eigenvalue weighted by Crippen LogP contribution is 2.16. The summed E-state index contributed by atoms with van der Waals surface area (Å²) in [5, 5.41) is 14.8. The van der Waals surface area contributed by atoms with Gasteiger partial charge >= 0.3 is 0 Å². The van der Waals surface area contributed by atoms with Crippen LogP contribution in [-0.4, -0.2) is 42.2 Å². The standard InChI is InChI=1S/C13H25N3O3.ClH/c1-8(2)5-11(14)13(19)16-10(7-17)6-9-3-4-15-12(9)18;/h8-11,17H,3-7,14H2,1-2H3,(H,15,18)(H,16,19);1H/t9-,10-,11-;/m0./s1. The highest BCUT2D eigenvalue weighted by molar-refractivity contribution is 5.85. The van der Waals surface area contributed by atoms with Gasteiger partial charge < -0.3 is 21.5 Å². The summed E-state index contributed by atoms with van der Waals surface area (Å²) in [4.78, 5) is 23.3. The average molecular weight is 308 g/mol. The Morgan fingerprint density at radius 1 is 1.55 bits per heavy atom. The molecule has 2 amide bonds. The third-order valence-electron chi connectivity index (χ3n) is 3.36. The number of rotatable bonds is 7. The van der Waals surface area contributed by atoms with E-state index in [1.165, 1.54) is 0 Å². The minimum absolute atomic E-state index is 0. The molecule has 0 spiro atoms. The number of nitrogens with one attached hydrogen (secondary N) is 2. The Balaban J connectivity index is 0.00000361. The number of halogens is 1. The maximum Gasteiger partial charge on any atom is 0.237 e. The molecule has 3 atom stereocenters. The van der Waals surface area contributed by atoms with Crippen molar-refractivity contribution >= 4 is 24.2 Å². The highest BCUT2D eigenvalue weighted by Gasteiger charge is 2.28. The Hall–Kier alpha value is -0.850. The number of hydrogen-bond donors (Lipinski definition) is 4. The smallest absolute Gasteiger partial charge is 0.237 e. The van der Waals surface area contributed by atoms with Crippen LogP contribution in [0.5, 0.6) is 0 Å². The van der Waals surface area contributed by atoms with E-state index in [1.807, 2.05) is 13.8 Å². The van der Waals surface area contributed by atoms with Crippen LogP contribution in [0.1, 0.15) is 33.1 Å². The predicted octanol–water partition coefficient (Wildman–Crippen LogP) is -0.215. The topological polar surface area (TPSA) is 104 Å². The van der Waals surface area contributed by atoms with E-state index in [0.29, 0.717) is 25.3 Å². The summed E-state index contributed by atoms with van der Waals surface area (Å²) in [5.74, 6) is -0.0435. The van der Waals surface area contributed by atoms with Gasteiger partial charge in [0.15, 0.2) is 0 Å². The number of hydrogen-bond acceptors (Lipinski definition) is 4. The first-order valence-corrected chi connectivity index (χ1v) is 6.88. The van der Waals surface area contributed by atoms with Crippen molar-refractivity contribution in [1.29, 1.82) is 0 Å². The van der Waals surface area contributed by atoms with Gasteiger partial charge in [-0.1, -0.05) is 13.8 Å². The molecule has 0 aliphatic carbocycles. The van der Waals surface area contributed by atoms with E-state index in [4.69, 9.17) is 5.73 Å². The van der Waals surface area contributed by atoms with Crippen molar-refractivity contribution in [2.45, 2.75) is 45.2 Å². The number of amides is 2. The molecule has 0 aromatic carbocycles. The van der Waals surface area contributed by atoms with Crippen LogP contribution < -0.4 is 16.4 Å². The SMILES string of the molecule is CC(C)C[C@H](N)C(=O)N[C@H](CO)C[C@@H]1CCNC1=O.Cl. The van der Waals surface area contributed by atoms with E-state index in [2.05, 4.69) is 10.6 Å². The van der Waals surface area contributed by atoms with Crippen molar-refractivity contribution < 1.29 is 14.7 Å². The molecule has 0 radical (unpaired) electrons. The summed E-state index contributed by atoms with van der Waals surface area (Å²) >= 11 is 0. The first-order valence-electron chi connectivity index (χ1n) is 6.88. The van der Waals surface area contributed by atoms with Gasteiger partial charge in [0.1, 0.15) is 0 Å². The molecule has 7 heteroatoms. The molecule has 0 unspecified atom stereocenters. The summed E-state index contributed by atoms with van der Waals surface area (Å²) in [5.41, 5.74) is 5.78. The first-order chi connectivity index (χ1) is 8.93. The zero-order valence-corrected chi connectivity index (χ0v) is 12.9. The molecule has 5 N–H and O–H groups in total. The van der Waals surface area contributed by atoms with Crippen LogP contribution in [0.3, 0.4) is 0 Å². The third-order valence-corrected chi connectivity index (χ3v) is 3.36. The van der Waals surface area contributed by atoms with Crippen LogP contribution in [0.4, 0.5) is 0 Å². The van der Waals surface area contributed by atoms with E-state index in [0.717, 1.165) is 6.42 Å². The molecule has 1 heterocycles. The summed E-state index contributed by atoms with van der Waals surface area (Å²) in [6.07, 6.45) is 1.82. The molecule has 118 valence electrons. The second kappa shape index (κ2) is 9.15. The molecule has 1 fully saturated rings. The van der Waals surface area contributed by atoms with Crippen LogP contribution in [0.15, 0.2) is 0 Å². The molecule has 1 aliphatic rings. The van der Waals surface area contributed by atoms with Gasteiger partial charge in [-0.05, 0) is 25.2 Å². The number of aliphatic hydroxyl groups is 1. The fourth-order valence-corrected chi connectivity index (χ4v) is 2.32. The number of carbonyl (C=O) groups is 2. The van der Waals surface area contributed by atoms with E-state index >= 15 is 0 Å². The monoisotopic (exact) mass is 307 g/mol.